The molecule has 0 amide bonds. The van der Waals surface area contributed by atoms with Crippen LogP contribution >= 0.6 is 0 Å². The van der Waals surface area contributed by atoms with Crippen LogP contribution in [0.4, 0.5) is 5.69 Å². The van der Waals surface area contributed by atoms with Crippen molar-refractivity contribution < 1.29 is 9.47 Å². The second kappa shape index (κ2) is 12.5. The molecule has 0 radical (unpaired) electrons. The topological polar surface area (TPSA) is 58.1 Å². The lowest BCUT2D eigenvalue weighted by molar-refractivity contribution is 0.0203. The molecule has 1 aromatic rings. The summed E-state index contributed by atoms with van der Waals surface area (Å²) >= 11 is 0. The van der Waals surface area contributed by atoms with Gasteiger partial charge in [-0.25, -0.2) is 4.99 Å². The predicted octanol–water partition coefficient (Wildman–Crippen LogP) is 2.95. The van der Waals surface area contributed by atoms with E-state index in [0.29, 0.717) is 12.5 Å². The lowest BCUT2D eigenvalue weighted by Crippen LogP contribution is -2.38. The van der Waals surface area contributed by atoms with Crippen LogP contribution in [0.1, 0.15) is 31.7 Å². The molecule has 29 heavy (non-hydrogen) atoms. The number of rotatable bonds is 10. The Kier molecular flexibility index (Phi) is 9.33. The normalized spacial score (nSPS) is 17.7. The third-order valence-electron chi connectivity index (χ3n) is 5.31. The van der Waals surface area contributed by atoms with Crippen LogP contribution in [-0.4, -0.2) is 58.6 Å². The van der Waals surface area contributed by atoms with E-state index in [1.807, 2.05) is 0 Å². The fraction of sp³-hybridized carbons (Fsp3) is 0.609. The Labute approximate surface area is 175 Å². The first-order chi connectivity index (χ1) is 14.3. The van der Waals surface area contributed by atoms with Crippen molar-refractivity contribution in [1.82, 2.24) is 10.6 Å². The maximum absolute atomic E-state index is 5.84. The van der Waals surface area contributed by atoms with Gasteiger partial charge in [-0.05, 0) is 49.8 Å². The number of aliphatic imine (C=N–C) groups is 1. The lowest BCUT2D eigenvalue weighted by atomic mass is 10.0. The van der Waals surface area contributed by atoms with Gasteiger partial charge in [0.1, 0.15) is 0 Å². The fourth-order valence-corrected chi connectivity index (χ4v) is 3.60. The van der Waals surface area contributed by atoms with E-state index >= 15 is 0 Å². The Morgan fingerprint density at radius 2 is 2.03 bits per heavy atom. The van der Waals surface area contributed by atoms with Crippen LogP contribution in [0.2, 0.25) is 0 Å². The van der Waals surface area contributed by atoms with Crippen LogP contribution in [-0.2, 0) is 16.0 Å². The lowest BCUT2D eigenvalue weighted by Gasteiger charge is -2.21. The van der Waals surface area contributed by atoms with E-state index in [1.165, 1.54) is 11.3 Å². The SMILES string of the molecule is CCNC(=NCc1cccc(N2CC=CC2)c1)NCCCOCC1CCOCC1. The Balaban J connectivity index is 1.37. The van der Waals surface area contributed by atoms with Gasteiger partial charge in [-0.15, -0.1) is 0 Å². The molecule has 0 atom stereocenters. The molecule has 0 aromatic heterocycles. The third kappa shape index (κ3) is 7.71. The van der Waals surface area contributed by atoms with E-state index in [0.717, 1.165) is 77.8 Å². The molecule has 2 N–H and O–H groups in total. The van der Waals surface area contributed by atoms with Crippen molar-refractivity contribution in [3.05, 3.63) is 42.0 Å². The largest absolute Gasteiger partial charge is 0.381 e. The zero-order valence-corrected chi connectivity index (χ0v) is 17.7. The van der Waals surface area contributed by atoms with Crippen molar-refractivity contribution in [3.63, 3.8) is 0 Å². The predicted molar refractivity (Wildman–Crippen MR) is 120 cm³/mol. The molecule has 3 rings (SSSR count). The minimum absolute atomic E-state index is 0.669. The summed E-state index contributed by atoms with van der Waals surface area (Å²) in [5.74, 6) is 1.54. The first-order valence-electron chi connectivity index (χ1n) is 11.0. The quantitative estimate of drug-likeness (QED) is 0.274. The van der Waals surface area contributed by atoms with E-state index < -0.39 is 0 Å². The molecular weight excluding hydrogens is 364 g/mol. The summed E-state index contributed by atoms with van der Waals surface area (Å²) in [5.41, 5.74) is 2.49. The van der Waals surface area contributed by atoms with Crippen LogP contribution < -0.4 is 15.5 Å². The Hall–Kier alpha value is -2.05. The number of nitrogens with zero attached hydrogens (tertiary/aromatic N) is 2. The van der Waals surface area contributed by atoms with Crippen LogP contribution in [0, 0.1) is 5.92 Å². The minimum Gasteiger partial charge on any atom is -0.381 e. The Morgan fingerprint density at radius 3 is 2.83 bits per heavy atom. The Morgan fingerprint density at radius 1 is 1.21 bits per heavy atom. The highest BCUT2D eigenvalue weighted by Crippen LogP contribution is 2.19. The van der Waals surface area contributed by atoms with Gasteiger partial charge in [-0.1, -0.05) is 24.3 Å². The molecule has 6 heteroatoms. The van der Waals surface area contributed by atoms with Crippen molar-refractivity contribution in [2.75, 3.05) is 57.5 Å². The number of guanidine groups is 1. The van der Waals surface area contributed by atoms with Crippen LogP contribution in [0.25, 0.3) is 0 Å². The third-order valence-corrected chi connectivity index (χ3v) is 5.31. The van der Waals surface area contributed by atoms with Gasteiger partial charge in [0.2, 0.25) is 0 Å². The number of hydrogen-bond acceptors (Lipinski definition) is 4. The van der Waals surface area contributed by atoms with Crippen LogP contribution in [0.5, 0.6) is 0 Å². The molecule has 1 fully saturated rings. The van der Waals surface area contributed by atoms with Gasteiger partial charge in [0, 0.05) is 58.3 Å². The summed E-state index contributed by atoms with van der Waals surface area (Å²) in [6.45, 7) is 9.88. The van der Waals surface area contributed by atoms with Crippen molar-refractivity contribution >= 4 is 11.6 Å². The highest BCUT2D eigenvalue weighted by atomic mass is 16.5. The molecule has 1 saturated heterocycles. The van der Waals surface area contributed by atoms with E-state index in [1.54, 1.807) is 0 Å². The molecule has 0 unspecified atom stereocenters. The van der Waals surface area contributed by atoms with Crippen LogP contribution in [0.15, 0.2) is 41.4 Å². The van der Waals surface area contributed by atoms with E-state index in [2.05, 4.69) is 58.9 Å². The van der Waals surface area contributed by atoms with Crippen molar-refractivity contribution in [2.45, 2.75) is 32.7 Å². The van der Waals surface area contributed by atoms with Gasteiger partial charge < -0.3 is 25.0 Å². The van der Waals surface area contributed by atoms with Crippen LogP contribution in [0.3, 0.4) is 0 Å². The molecule has 6 nitrogen and oxygen atoms in total. The van der Waals surface area contributed by atoms with Crippen molar-refractivity contribution in [1.29, 1.82) is 0 Å². The zero-order chi connectivity index (χ0) is 20.2. The summed E-state index contributed by atoms with van der Waals surface area (Å²) < 4.78 is 11.2. The fourth-order valence-electron chi connectivity index (χ4n) is 3.60. The summed E-state index contributed by atoms with van der Waals surface area (Å²) in [6, 6.07) is 8.67. The average Bonchev–Trinajstić information content (AvgIpc) is 3.30. The molecule has 2 aliphatic heterocycles. The highest BCUT2D eigenvalue weighted by molar-refractivity contribution is 5.79. The molecular formula is C23H36N4O2. The minimum atomic E-state index is 0.669. The number of anilines is 1. The molecule has 2 aliphatic rings. The van der Waals surface area contributed by atoms with Gasteiger partial charge in [-0.2, -0.15) is 0 Å². The molecule has 1 aromatic carbocycles. The average molecular weight is 401 g/mol. The smallest absolute Gasteiger partial charge is 0.191 e. The number of ether oxygens (including phenoxy) is 2. The number of benzene rings is 1. The highest BCUT2D eigenvalue weighted by Gasteiger charge is 2.13. The summed E-state index contributed by atoms with van der Waals surface area (Å²) in [5, 5.41) is 6.75. The van der Waals surface area contributed by atoms with E-state index in [-0.39, 0.29) is 0 Å². The maximum atomic E-state index is 5.84. The van der Waals surface area contributed by atoms with E-state index in [9.17, 15) is 0 Å². The number of hydrogen-bond donors (Lipinski definition) is 2. The summed E-state index contributed by atoms with van der Waals surface area (Å²) in [6.07, 6.45) is 7.66. The van der Waals surface area contributed by atoms with Crippen molar-refractivity contribution in [2.24, 2.45) is 10.9 Å². The molecule has 160 valence electrons. The first kappa shape index (κ1) is 21.7. The molecule has 0 bridgehead atoms. The van der Waals surface area contributed by atoms with Crippen molar-refractivity contribution in [3.8, 4) is 0 Å². The van der Waals surface area contributed by atoms with Gasteiger partial charge in [0.15, 0.2) is 5.96 Å². The van der Waals surface area contributed by atoms with Gasteiger partial charge >= 0.3 is 0 Å². The molecule has 0 saturated carbocycles. The number of nitrogens with one attached hydrogen (secondary N) is 2. The monoisotopic (exact) mass is 400 g/mol. The Bertz CT molecular complexity index is 648. The first-order valence-corrected chi connectivity index (χ1v) is 11.0. The standard InChI is InChI=1S/C23H36N4O2/c1-2-24-23(25-11-6-14-29-19-20-9-15-28-16-10-20)26-18-21-7-5-8-22(17-21)27-12-3-4-13-27/h3-5,7-8,17,20H,2,6,9-16,18-19H2,1H3,(H2,24,25,26). The summed E-state index contributed by atoms with van der Waals surface area (Å²) in [4.78, 5) is 7.11. The molecule has 0 spiro atoms. The maximum Gasteiger partial charge on any atom is 0.191 e. The zero-order valence-electron chi connectivity index (χ0n) is 17.7. The van der Waals surface area contributed by atoms with Gasteiger partial charge in [-0.3, -0.25) is 0 Å². The second-order valence-electron chi connectivity index (χ2n) is 7.65. The van der Waals surface area contributed by atoms with E-state index in [4.69, 9.17) is 14.5 Å². The molecule has 0 aliphatic carbocycles. The second-order valence-corrected chi connectivity index (χ2v) is 7.65. The van der Waals surface area contributed by atoms with Gasteiger partial charge in [0.25, 0.3) is 0 Å². The summed E-state index contributed by atoms with van der Waals surface area (Å²) in [7, 11) is 0. The van der Waals surface area contributed by atoms with Gasteiger partial charge in [0.05, 0.1) is 6.54 Å². The molecule has 2 heterocycles.